The Morgan fingerprint density at radius 2 is 2.14 bits per heavy atom. The van der Waals surface area contributed by atoms with Crippen LogP contribution in [0.15, 0.2) is 24.3 Å². The van der Waals surface area contributed by atoms with Crippen molar-refractivity contribution >= 4 is 23.4 Å². The summed E-state index contributed by atoms with van der Waals surface area (Å²) in [6.45, 7) is 7.67. The van der Waals surface area contributed by atoms with Crippen LogP contribution in [-0.2, 0) is 11.3 Å². The highest BCUT2D eigenvalue weighted by Crippen LogP contribution is 2.19. The Morgan fingerprint density at radius 1 is 1.43 bits per heavy atom. The molecule has 2 rings (SSSR count). The lowest BCUT2D eigenvalue weighted by Crippen LogP contribution is -2.33. The molecule has 1 heterocycles. The molecule has 1 aliphatic heterocycles. The molecule has 1 amide bonds. The molecular weight excluding hydrogens is 280 g/mol. The van der Waals surface area contributed by atoms with E-state index in [0.717, 1.165) is 18.2 Å². The number of anilines is 1. The summed E-state index contributed by atoms with van der Waals surface area (Å²) in [5.74, 6) is 0.880. The van der Waals surface area contributed by atoms with Crippen LogP contribution in [0.25, 0.3) is 0 Å². The number of rotatable bonds is 5. The molecule has 0 radical (unpaired) electrons. The predicted octanol–water partition coefficient (Wildman–Crippen LogP) is 3.61. The summed E-state index contributed by atoms with van der Waals surface area (Å²) in [7, 11) is 0. The third-order valence-electron chi connectivity index (χ3n) is 4.09. The number of amides is 1. The normalized spacial score (nSPS) is 21.0. The van der Waals surface area contributed by atoms with Crippen LogP contribution in [0.4, 0.5) is 5.69 Å². The molecule has 4 heteroatoms. The molecule has 2 unspecified atom stereocenters. The van der Waals surface area contributed by atoms with Gasteiger partial charge in [0.2, 0.25) is 5.91 Å². The smallest absolute Gasteiger partial charge is 0.237 e. The van der Waals surface area contributed by atoms with Crippen molar-refractivity contribution in [2.75, 3.05) is 24.7 Å². The van der Waals surface area contributed by atoms with Gasteiger partial charge in [-0.05, 0) is 56.2 Å². The number of nitrogens with one attached hydrogen (secondary N) is 1. The lowest BCUT2D eigenvalue weighted by atomic mass is 10.00. The van der Waals surface area contributed by atoms with Crippen molar-refractivity contribution in [3.63, 3.8) is 0 Å². The van der Waals surface area contributed by atoms with E-state index in [0.29, 0.717) is 0 Å². The van der Waals surface area contributed by atoms with E-state index in [1.165, 1.54) is 31.5 Å². The Balaban J connectivity index is 1.88. The summed E-state index contributed by atoms with van der Waals surface area (Å²) in [5.41, 5.74) is 2.21. The number of hydrogen-bond acceptors (Lipinski definition) is 3. The Bertz CT molecular complexity index is 460. The third kappa shape index (κ3) is 5.04. The van der Waals surface area contributed by atoms with Gasteiger partial charge in [0.25, 0.3) is 0 Å². The Hall–Kier alpha value is -1.00. The van der Waals surface area contributed by atoms with Crippen LogP contribution in [0.1, 0.15) is 32.3 Å². The van der Waals surface area contributed by atoms with Crippen molar-refractivity contribution in [1.29, 1.82) is 0 Å². The Morgan fingerprint density at radius 3 is 2.76 bits per heavy atom. The maximum Gasteiger partial charge on any atom is 0.237 e. The summed E-state index contributed by atoms with van der Waals surface area (Å²) in [4.78, 5) is 14.4. The lowest BCUT2D eigenvalue weighted by Gasteiger charge is -2.30. The van der Waals surface area contributed by atoms with E-state index in [1.54, 1.807) is 11.8 Å². The standard InChI is InChI=1S/C17H26N2OS/c1-13-5-4-10-19(11-13)12-15-6-8-16(9-7-15)18-17(20)14(2)21-3/h6-9,13-14H,4-5,10-12H2,1-3H3,(H,18,20). The topological polar surface area (TPSA) is 32.3 Å². The number of piperidine rings is 1. The van der Waals surface area contributed by atoms with Gasteiger partial charge in [-0.25, -0.2) is 0 Å². The second-order valence-corrected chi connectivity index (χ2v) is 7.23. The van der Waals surface area contributed by atoms with Gasteiger partial charge >= 0.3 is 0 Å². The van der Waals surface area contributed by atoms with Crippen molar-refractivity contribution in [2.24, 2.45) is 5.92 Å². The van der Waals surface area contributed by atoms with E-state index in [-0.39, 0.29) is 11.2 Å². The zero-order chi connectivity index (χ0) is 15.2. The van der Waals surface area contributed by atoms with Crippen LogP contribution in [0, 0.1) is 5.92 Å². The van der Waals surface area contributed by atoms with E-state index in [1.807, 2.05) is 25.3 Å². The van der Waals surface area contributed by atoms with E-state index in [9.17, 15) is 4.79 Å². The monoisotopic (exact) mass is 306 g/mol. The molecule has 2 atom stereocenters. The minimum atomic E-state index is -0.0143. The van der Waals surface area contributed by atoms with Crippen LogP contribution in [0.3, 0.4) is 0 Å². The SMILES string of the molecule is CSC(C)C(=O)Nc1ccc(CN2CCCC(C)C2)cc1. The van der Waals surface area contributed by atoms with Gasteiger partial charge in [0.05, 0.1) is 5.25 Å². The fourth-order valence-corrected chi connectivity index (χ4v) is 3.01. The maximum atomic E-state index is 11.8. The minimum Gasteiger partial charge on any atom is -0.325 e. The zero-order valence-electron chi connectivity index (χ0n) is 13.3. The number of thioether (sulfide) groups is 1. The summed E-state index contributed by atoms with van der Waals surface area (Å²) in [6, 6.07) is 8.26. The van der Waals surface area contributed by atoms with Gasteiger partial charge < -0.3 is 5.32 Å². The van der Waals surface area contributed by atoms with Crippen molar-refractivity contribution < 1.29 is 4.79 Å². The average molecular weight is 306 g/mol. The molecule has 0 saturated carbocycles. The summed E-state index contributed by atoms with van der Waals surface area (Å²) in [5, 5.41) is 2.94. The van der Waals surface area contributed by atoms with Crippen molar-refractivity contribution in [1.82, 2.24) is 4.90 Å². The number of hydrogen-bond donors (Lipinski definition) is 1. The van der Waals surface area contributed by atoms with E-state index in [2.05, 4.69) is 29.3 Å². The molecule has 21 heavy (non-hydrogen) atoms. The second kappa shape index (κ2) is 7.85. The van der Waals surface area contributed by atoms with Crippen molar-refractivity contribution in [3.8, 4) is 0 Å². The molecular formula is C17H26N2OS. The Labute approximate surface area is 132 Å². The highest BCUT2D eigenvalue weighted by molar-refractivity contribution is 7.99. The summed E-state index contributed by atoms with van der Waals surface area (Å²) >= 11 is 1.56. The zero-order valence-corrected chi connectivity index (χ0v) is 14.1. The molecule has 1 fully saturated rings. The molecule has 0 aromatic heterocycles. The van der Waals surface area contributed by atoms with Gasteiger partial charge in [-0.2, -0.15) is 11.8 Å². The number of carbonyl (C=O) groups is 1. The first-order valence-corrected chi connectivity index (χ1v) is 9.02. The minimum absolute atomic E-state index is 0.0143. The Kier molecular flexibility index (Phi) is 6.12. The first kappa shape index (κ1) is 16.4. The quantitative estimate of drug-likeness (QED) is 0.902. The number of likely N-dealkylation sites (tertiary alicyclic amines) is 1. The molecule has 3 nitrogen and oxygen atoms in total. The first-order valence-electron chi connectivity index (χ1n) is 7.73. The molecule has 0 spiro atoms. The van der Waals surface area contributed by atoms with Crippen LogP contribution in [0.2, 0.25) is 0 Å². The van der Waals surface area contributed by atoms with E-state index < -0.39 is 0 Å². The third-order valence-corrected chi connectivity index (χ3v) is 5.01. The van der Waals surface area contributed by atoms with Crippen molar-refractivity contribution in [2.45, 2.75) is 38.5 Å². The molecule has 1 aromatic carbocycles. The van der Waals surface area contributed by atoms with E-state index >= 15 is 0 Å². The maximum absolute atomic E-state index is 11.8. The van der Waals surface area contributed by atoms with Crippen LogP contribution < -0.4 is 5.32 Å². The molecule has 0 aliphatic carbocycles. The molecule has 1 aliphatic rings. The largest absolute Gasteiger partial charge is 0.325 e. The van der Waals surface area contributed by atoms with Gasteiger partial charge in [-0.15, -0.1) is 0 Å². The molecule has 0 bridgehead atoms. The van der Waals surface area contributed by atoms with Crippen molar-refractivity contribution in [3.05, 3.63) is 29.8 Å². The predicted molar refractivity (Wildman–Crippen MR) is 91.7 cm³/mol. The summed E-state index contributed by atoms with van der Waals surface area (Å²) < 4.78 is 0. The van der Waals surface area contributed by atoms with Gasteiger partial charge in [-0.3, -0.25) is 9.69 Å². The molecule has 1 N–H and O–H groups in total. The highest BCUT2D eigenvalue weighted by Gasteiger charge is 2.16. The van der Waals surface area contributed by atoms with Gasteiger partial charge in [-0.1, -0.05) is 19.1 Å². The molecule has 116 valence electrons. The van der Waals surface area contributed by atoms with Gasteiger partial charge in [0, 0.05) is 18.8 Å². The lowest BCUT2D eigenvalue weighted by molar-refractivity contribution is -0.115. The summed E-state index contributed by atoms with van der Waals surface area (Å²) in [6.07, 6.45) is 4.62. The fraction of sp³-hybridized carbons (Fsp3) is 0.588. The van der Waals surface area contributed by atoms with Crippen LogP contribution >= 0.6 is 11.8 Å². The number of benzene rings is 1. The van der Waals surface area contributed by atoms with Gasteiger partial charge in [0.1, 0.15) is 0 Å². The highest BCUT2D eigenvalue weighted by atomic mass is 32.2. The van der Waals surface area contributed by atoms with Crippen LogP contribution in [-0.4, -0.2) is 35.4 Å². The van der Waals surface area contributed by atoms with E-state index in [4.69, 9.17) is 0 Å². The average Bonchev–Trinajstić information content (AvgIpc) is 2.48. The second-order valence-electron chi connectivity index (χ2n) is 6.05. The number of carbonyl (C=O) groups excluding carboxylic acids is 1. The first-order chi connectivity index (χ1) is 10.1. The molecule has 1 aromatic rings. The van der Waals surface area contributed by atoms with Gasteiger partial charge in [0.15, 0.2) is 0 Å². The fourth-order valence-electron chi connectivity index (χ4n) is 2.73. The molecule has 1 saturated heterocycles. The van der Waals surface area contributed by atoms with Crippen LogP contribution in [0.5, 0.6) is 0 Å². The number of nitrogens with zero attached hydrogens (tertiary/aromatic N) is 1.